The van der Waals surface area contributed by atoms with E-state index in [1.54, 1.807) is 19.1 Å². The standard InChI is InChI=1S/C23H19F3N4O8/c1-2-36-17-11-13(4-10-18-28-21(32)20(30(34)35)22(33)29-18)3-9-16(17)37-12-19(31)27-14-5-7-15(8-6-14)38-23(24,25)26/h3-11H,2,12H2,1H3,(H,27,31)(H2,28,29,32,33)/b10-4+. The number of carbonyl (C=O) groups excluding carboxylic acids is 1. The zero-order valence-corrected chi connectivity index (χ0v) is 19.4. The summed E-state index contributed by atoms with van der Waals surface area (Å²) in [5, 5.41) is 22.9. The first-order valence-electron chi connectivity index (χ1n) is 10.7. The normalized spacial score (nSPS) is 11.3. The molecule has 15 heteroatoms. The second kappa shape index (κ2) is 11.8. The van der Waals surface area contributed by atoms with Crippen LogP contribution in [-0.4, -0.2) is 45.5 Å². The van der Waals surface area contributed by atoms with Crippen LogP contribution in [0.4, 0.5) is 24.5 Å². The van der Waals surface area contributed by atoms with Gasteiger partial charge in [-0.05, 0) is 55.0 Å². The quantitative estimate of drug-likeness (QED) is 0.258. The molecule has 0 saturated heterocycles. The fourth-order valence-corrected chi connectivity index (χ4v) is 2.99. The highest BCUT2D eigenvalue weighted by molar-refractivity contribution is 5.92. The summed E-state index contributed by atoms with van der Waals surface area (Å²) in [5.74, 6) is -1.70. The maximum Gasteiger partial charge on any atom is 0.573 e. The van der Waals surface area contributed by atoms with Gasteiger partial charge in [-0.3, -0.25) is 19.7 Å². The van der Waals surface area contributed by atoms with Gasteiger partial charge in [0.1, 0.15) is 11.6 Å². The van der Waals surface area contributed by atoms with Crippen molar-refractivity contribution in [3.63, 3.8) is 0 Å². The molecule has 0 atom stereocenters. The molecule has 0 radical (unpaired) electrons. The molecular formula is C23H19F3N4O8. The summed E-state index contributed by atoms with van der Waals surface area (Å²) in [6.07, 6.45) is -2.05. The predicted molar refractivity (Wildman–Crippen MR) is 127 cm³/mol. The number of aromatic hydroxyl groups is 1. The van der Waals surface area contributed by atoms with Crippen molar-refractivity contribution in [3.05, 3.63) is 74.3 Å². The van der Waals surface area contributed by atoms with Gasteiger partial charge in [0.25, 0.3) is 11.8 Å². The number of hydrogen-bond acceptors (Lipinski definition) is 9. The number of ether oxygens (including phenoxy) is 3. The number of amides is 1. The first kappa shape index (κ1) is 27.5. The third-order valence-corrected chi connectivity index (χ3v) is 4.51. The lowest BCUT2D eigenvalue weighted by molar-refractivity contribution is -0.387. The Bertz CT molecular complexity index is 1410. The number of nitrogens with one attached hydrogen (secondary N) is 2. The van der Waals surface area contributed by atoms with Crippen LogP contribution >= 0.6 is 0 Å². The Morgan fingerprint density at radius 2 is 1.87 bits per heavy atom. The second-order valence-electron chi connectivity index (χ2n) is 7.26. The van der Waals surface area contributed by atoms with Crippen molar-refractivity contribution in [1.82, 2.24) is 9.97 Å². The molecule has 3 aromatic rings. The lowest BCUT2D eigenvalue weighted by Gasteiger charge is -2.13. The summed E-state index contributed by atoms with van der Waals surface area (Å²) in [7, 11) is 0. The Hall–Kier alpha value is -5.08. The van der Waals surface area contributed by atoms with Gasteiger partial charge in [0.05, 0.1) is 11.5 Å². The zero-order chi connectivity index (χ0) is 27.9. The van der Waals surface area contributed by atoms with Gasteiger partial charge in [0.15, 0.2) is 18.1 Å². The van der Waals surface area contributed by atoms with E-state index >= 15 is 0 Å². The van der Waals surface area contributed by atoms with Crippen molar-refractivity contribution in [2.45, 2.75) is 13.3 Å². The molecular weight excluding hydrogens is 517 g/mol. The minimum absolute atomic E-state index is 0.133. The van der Waals surface area contributed by atoms with Crippen molar-refractivity contribution >= 4 is 29.4 Å². The van der Waals surface area contributed by atoms with E-state index in [1.807, 2.05) is 0 Å². The number of hydrogen-bond donors (Lipinski definition) is 3. The van der Waals surface area contributed by atoms with Crippen LogP contribution in [0.15, 0.2) is 47.3 Å². The van der Waals surface area contributed by atoms with Gasteiger partial charge >= 0.3 is 17.6 Å². The van der Waals surface area contributed by atoms with Gasteiger partial charge < -0.3 is 29.6 Å². The topological polar surface area (TPSA) is 166 Å². The lowest BCUT2D eigenvalue weighted by atomic mass is 10.2. The summed E-state index contributed by atoms with van der Waals surface area (Å²) in [4.78, 5) is 39.4. The Kier molecular flexibility index (Phi) is 8.52. The van der Waals surface area contributed by atoms with E-state index in [9.17, 15) is 38.0 Å². The third-order valence-electron chi connectivity index (χ3n) is 4.51. The SMILES string of the molecule is CCOc1cc(/C=C/c2nc(O)c([N+](=O)[O-])c(=O)[nH]2)ccc1OCC(=O)Nc1ccc(OC(F)(F)F)cc1. The Morgan fingerprint density at radius 3 is 2.47 bits per heavy atom. The summed E-state index contributed by atoms with van der Waals surface area (Å²) < 4.78 is 51.5. The highest BCUT2D eigenvalue weighted by Gasteiger charge is 2.31. The number of rotatable bonds is 10. The fourth-order valence-electron chi connectivity index (χ4n) is 2.99. The van der Waals surface area contributed by atoms with Crippen molar-refractivity contribution in [3.8, 4) is 23.1 Å². The maximum absolute atomic E-state index is 12.2. The van der Waals surface area contributed by atoms with E-state index < -0.39 is 46.7 Å². The molecule has 1 aromatic heterocycles. The van der Waals surface area contributed by atoms with Crippen molar-refractivity contribution < 1.29 is 42.2 Å². The van der Waals surface area contributed by atoms with Crippen LogP contribution in [0.5, 0.6) is 23.1 Å². The smallest absolute Gasteiger partial charge is 0.490 e. The van der Waals surface area contributed by atoms with Gasteiger partial charge in [-0.25, -0.2) is 0 Å². The summed E-state index contributed by atoms with van der Waals surface area (Å²) in [6.45, 7) is 1.54. The molecule has 3 rings (SSSR count). The van der Waals surface area contributed by atoms with Gasteiger partial charge in [-0.2, -0.15) is 4.98 Å². The lowest BCUT2D eigenvalue weighted by Crippen LogP contribution is -2.20. The summed E-state index contributed by atoms with van der Waals surface area (Å²) in [6, 6.07) is 9.20. The number of aromatic nitrogens is 2. The summed E-state index contributed by atoms with van der Waals surface area (Å²) in [5.41, 5.74) is -1.43. The average molecular weight is 536 g/mol. The Morgan fingerprint density at radius 1 is 1.16 bits per heavy atom. The van der Waals surface area contributed by atoms with Crippen LogP contribution in [0.2, 0.25) is 0 Å². The largest absolute Gasteiger partial charge is 0.573 e. The number of aromatic amines is 1. The van der Waals surface area contributed by atoms with Gasteiger partial charge in [-0.1, -0.05) is 12.1 Å². The monoisotopic (exact) mass is 536 g/mol. The number of anilines is 1. The van der Waals surface area contributed by atoms with E-state index in [0.717, 1.165) is 12.1 Å². The van der Waals surface area contributed by atoms with Crippen molar-refractivity contribution in [2.75, 3.05) is 18.5 Å². The highest BCUT2D eigenvalue weighted by atomic mass is 19.4. The van der Waals surface area contributed by atoms with E-state index in [-0.39, 0.29) is 29.6 Å². The molecule has 2 aromatic carbocycles. The molecule has 0 aliphatic carbocycles. The molecule has 3 N–H and O–H groups in total. The summed E-state index contributed by atoms with van der Waals surface area (Å²) >= 11 is 0. The minimum Gasteiger partial charge on any atom is -0.490 e. The maximum atomic E-state index is 12.2. The number of nitrogens with zero attached hydrogens (tertiary/aromatic N) is 2. The molecule has 0 fully saturated rings. The molecule has 1 amide bonds. The van der Waals surface area contributed by atoms with Gasteiger partial charge in [0, 0.05) is 5.69 Å². The molecule has 0 spiro atoms. The Balaban J connectivity index is 1.65. The van der Waals surface area contributed by atoms with Crippen LogP contribution < -0.4 is 25.1 Å². The minimum atomic E-state index is -4.83. The van der Waals surface area contributed by atoms with Crippen molar-refractivity contribution in [1.29, 1.82) is 0 Å². The number of nitro groups is 1. The molecule has 12 nitrogen and oxygen atoms in total. The molecule has 0 saturated carbocycles. The number of halogens is 3. The van der Waals surface area contributed by atoms with Gasteiger partial charge in [-0.15, -0.1) is 13.2 Å². The molecule has 0 bridgehead atoms. The van der Waals surface area contributed by atoms with E-state index in [1.165, 1.54) is 30.4 Å². The average Bonchev–Trinajstić information content (AvgIpc) is 2.82. The number of benzene rings is 2. The molecule has 38 heavy (non-hydrogen) atoms. The first-order valence-corrected chi connectivity index (χ1v) is 10.7. The molecule has 0 aliphatic rings. The van der Waals surface area contributed by atoms with Crippen LogP contribution in [0, 0.1) is 10.1 Å². The second-order valence-corrected chi connectivity index (χ2v) is 7.26. The van der Waals surface area contributed by atoms with Gasteiger partial charge in [0.2, 0.25) is 0 Å². The van der Waals surface area contributed by atoms with Crippen LogP contribution in [0.1, 0.15) is 18.3 Å². The first-order chi connectivity index (χ1) is 17.9. The molecule has 0 aliphatic heterocycles. The number of H-pyrrole nitrogens is 1. The van der Waals surface area contributed by atoms with E-state index in [0.29, 0.717) is 5.56 Å². The zero-order valence-electron chi connectivity index (χ0n) is 19.4. The van der Waals surface area contributed by atoms with Crippen LogP contribution in [-0.2, 0) is 4.79 Å². The number of alkyl halides is 3. The highest BCUT2D eigenvalue weighted by Crippen LogP contribution is 2.30. The van der Waals surface area contributed by atoms with E-state index in [4.69, 9.17) is 9.47 Å². The molecule has 1 heterocycles. The van der Waals surface area contributed by atoms with Crippen LogP contribution in [0.3, 0.4) is 0 Å². The van der Waals surface area contributed by atoms with Crippen molar-refractivity contribution in [2.24, 2.45) is 0 Å². The van der Waals surface area contributed by atoms with Crippen LogP contribution in [0.25, 0.3) is 12.2 Å². The number of carbonyl (C=O) groups is 1. The third kappa shape index (κ3) is 7.71. The predicted octanol–water partition coefficient (Wildman–Crippen LogP) is 3.87. The molecule has 200 valence electrons. The Labute approximate surface area is 211 Å². The molecule has 0 unspecified atom stereocenters. The van der Waals surface area contributed by atoms with E-state index in [2.05, 4.69) is 20.0 Å². The fraction of sp³-hybridized carbons (Fsp3) is 0.174.